The van der Waals surface area contributed by atoms with Gasteiger partial charge in [-0.15, -0.1) is 0 Å². The van der Waals surface area contributed by atoms with Crippen molar-refractivity contribution in [3.8, 4) is 11.5 Å². The minimum absolute atomic E-state index is 0.0293. The molecule has 0 heterocycles. The molecule has 3 aromatic carbocycles. The molecule has 0 radical (unpaired) electrons. The summed E-state index contributed by atoms with van der Waals surface area (Å²) in [7, 11) is -6.32. The Kier molecular flexibility index (Phi) is 8.25. The number of sulfonamides is 1. The van der Waals surface area contributed by atoms with Crippen molar-refractivity contribution in [1.82, 2.24) is 4.72 Å². The summed E-state index contributed by atoms with van der Waals surface area (Å²) < 4.78 is 65.4. The van der Waals surface area contributed by atoms with E-state index in [0.29, 0.717) is 35.1 Å². The molecule has 0 aliphatic rings. The fourth-order valence-corrected chi connectivity index (χ4v) is 6.13. The number of benzene rings is 3. The van der Waals surface area contributed by atoms with Gasteiger partial charge in [-0.25, -0.2) is 21.6 Å². The highest BCUT2D eigenvalue weighted by Crippen LogP contribution is 2.29. The van der Waals surface area contributed by atoms with Crippen molar-refractivity contribution in [3.63, 3.8) is 0 Å². The van der Waals surface area contributed by atoms with Gasteiger partial charge in [-0.1, -0.05) is 23.7 Å². The average Bonchev–Trinajstić information content (AvgIpc) is 2.80. The summed E-state index contributed by atoms with van der Waals surface area (Å²) in [5.41, 5.74) is 1.30. The van der Waals surface area contributed by atoms with Crippen LogP contribution < -0.4 is 14.2 Å². The first-order chi connectivity index (χ1) is 16.1. The summed E-state index contributed by atoms with van der Waals surface area (Å²) in [6, 6.07) is 15.2. The molecule has 0 atom stereocenters. The van der Waals surface area contributed by atoms with Crippen LogP contribution in [0.2, 0.25) is 5.02 Å². The molecular weight excluding hydrogens is 498 g/mol. The molecule has 1 N–H and O–H groups in total. The maximum atomic E-state index is 13.0. The molecule has 0 aromatic heterocycles. The van der Waals surface area contributed by atoms with Gasteiger partial charge in [0.1, 0.15) is 0 Å². The van der Waals surface area contributed by atoms with Crippen LogP contribution in [0.1, 0.15) is 18.1 Å². The van der Waals surface area contributed by atoms with E-state index in [0.717, 1.165) is 5.56 Å². The van der Waals surface area contributed by atoms with E-state index >= 15 is 0 Å². The van der Waals surface area contributed by atoms with Crippen molar-refractivity contribution in [2.24, 2.45) is 0 Å². The van der Waals surface area contributed by atoms with Gasteiger partial charge in [-0.3, -0.25) is 0 Å². The van der Waals surface area contributed by atoms with E-state index < -0.39 is 19.9 Å². The summed E-state index contributed by atoms with van der Waals surface area (Å²) in [4.78, 5) is -0.175. The predicted molar refractivity (Wildman–Crippen MR) is 131 cm³/mol. The van der Waals surface area contributed by atoms with Gasteiger partial charge in [-0.2, -0.15) is 0 Å². The van der Waals surface area contributed by atoms with Crippen LogP contribution in [-0.2, 0) is 26.3 Å². The van der Waals surface area contributed by atoms with Crippen molar-refractivity contribution in [2.45, 2.75) is 35.0 Å². The van der Waals surface area contributed by atoms with Crippen molar-refractivity contribution in [1.29, 1.82) is 0 Å². The number of ether oxygens (including phenoxy) is 2. The van der Waals surface area contributed by atoms with Crippen LogP contribution in [-0.4, -0.2) is 37.1 Å². The maximum Gasteiger partial charge on any atom is 0.240 e. The van der Waals surface area contributed by atoms with E-state index in [1.807, 2.05) is 13.0 Å². The lowest BCUT2D eigenvalue weighted by molar-refractivity contribution is 0.310. The van der Waals surface area contributed by atoms with E-state index in [1.54, 1.807) is 26.2 Å². The van der Waals surface area contributed by atoms with E-state index in [1.165, 1.54) is 42.5 Å². The summed E-state index contributed by atoms with van der Waals surface area (Å²) in [6.45, 7) is 4.07. The van der Waals surface area contributed by atoms with Gasteiger partial charge in [-0.05, 0) is 79.9 Å². The summed E-state index contributed by atoms with van der Waals surface area (Å²) in [5.74, 6) is 1.18. The fraction of sp³-hybridized carbons (Fsp3) is 0.250. The zero-order valence-electron chi connectivity index (χ0n) is 19.0. The second-order valence-electron chi connectivity index (χ2n) is 7.45. The largest absolute Gasteiger partial charge is 0.493 e. The molecule has 0 amide bonds. The van der Waals surface area contributed by atoms with E-state index in [-0.39, 0.29) is 21.2 Å². The molecule has 0 saturated heterocycles. The van der Waals surface area contributed by atoms with Crippen LogP contribution >= 0.6 is 11.6 Å². The number of methoxy groups -OCH3 is 1. The highest BCUT2D eigenvalue weighted by Gasteiger charge is 2.23. The third-order valence-electron chi connectivity index (χ3n) is 5.12. The molecule has 0 aliphatic heterocycles. The van der Waals surface area contributed by atoms with Crippen molar-refractivity contribution < 1.29 is 26.3 Å². The van der Waals surface area contributed by atoms with Gasteiger partial charge in [0.25, 0.3) is 0 Å². The molecule has 0 fully saturated rings. The van der Waals surface area contributed by atoms with Gasteiger partial charge in [0, 0.05) is 11.6 Å². The molecule has 10 heteroatoms. The standard InChI is InChI=1S/C24H26ClNO6S2/c1-4-32-23-15-18(6-12-22(23)31-3)13-14-26-34(29,30)24-16-21(9-5-17(24)2)33(27,28)20-10-7-19(25)8-11-20/h5-12,15-16,26H,4,13-14H2,1-3H3. The SMILES string of the molecule is CCOc1cc(CCNS(=O)(=O)c2cc(S(=O)(=O)c3ccc(Cl)cc3)ccc2C)ccc1OC. The second kappa shape index (κ2) is 10.8. The van der Waals surface area contributed by atoms with Crippen LogP contribution in [0.15, 0.2) is 75.4 Å². The highest BCUT2D eigenvalue weighted by atomic mass is 35.5. The Hall–Kier alpha value is -2.59. The smallest absolute Gasteiger partial charge is 0.240 e. The molecule has 7 nitrogen and oxygen atoms in total. The van der Waals surface area contributed by atoms with Gasteiger partial charge in [0.2, 0.25) is 19.9 Å². The Morgan fingerprint density at radius 3 is 2.21 bits per heavy atom. The molecule has 3 aromatic rings. The van der Waals surface area contributed by atoms with Gasteiger partial charge < -0.3 is 9.47 Å². The van der Waals surface area contributed by atoms with Gasteiger partial charge >= 0.3 is 0 Å². The molecule has 0 unspecified atom stereocenters. The number of hydrogen-bond acceptors (Lipinski definition) is 6. The summed E-state index contributed by atoms with van der Waals surface area (Å²) in [6.07, 6.45) is 0.408. The van der Waals surface area contributed by atoms with Gasteiger partial charge in [0.15, 0.2) is 11.5 Å². The minimum Gasteiger partial charge on any atom is -0.493 e. The fourth-order valence-electron chi connectivity index (χ4n) is 3.34. The molecule has 0 bridgehead atoms. The minimum atomic E-state index is -3.96. The first-order valence-electron chi connectivity index (χ1n) is 10.5. The zero-order valence-corrected chi connectivity index (χ0v) is 21.4. The average molecular weight is 524 g/mol. The number of rotatable bonds is 10. The Balaban J connectivity index is 1.80. The van der Waals surface area contributed by atoms with Gasteiger partial charge in [0.05, 0.1) is 28.4 Å². The Bertz CT molecular complexity index is 1370. The third kappa shape index (κ3) is 5.90. The molecule has 0 aliphatic carbocycles. The van der Waals surface area contributed by atoms with Crippen LogP contribution in [0.4, 0.5) is 0 Å². The number of halogens is 1. The first-order valence-corrected chi connectivity index (χ1v) is 13.8. The summed E-state index contributed by atoms with van der Waals surface area (Å²) >= 11 is 5.85. The van der Waals surface area contributed by atoms with E-state index in [9.17, 15) is 16.8 Å². The molecule has 34 heavy (non-hydrogen) atoms. The van der Waals surface area contributed by atoms with Crippen molar-refractivity contribution in [2.75, 3.05) is 20.3 Å². The van der Waals surface area contributed by atoms with E-state index in [2.05, 4.69) is 4.72 Å². The third-order valence-corrected chi connectivity index (χ3v) is 8.74. The van der Waals surface area contributed by atoms with E-state index in [4.69, 9.17) is 21.1 Å². The molecule has 3 rings (SSSR count). The Morgan fingerprint density at radius 1 is 0.882 bits per heavy atom. The van der Waals surface area contributed by atoms with Crippen LogP contribution in [0.5, 0.6) is 11.5 Å². The van der Waals surface area contributed by atoms with Crippen LogP contribution in [0, 0.1) is 6.92 Å². The lowest BCUT2D eigenvalue weighted by atomic mass is 10.1. The zero-order chi connectivity index (χ0) is 24.9. The molecule has 0 spiro atoms. The molecule has 182 valence electrons. The van der Waals surface area contributed by atoms with Crippen molar-refractivity contribution >= 4 is 31.5 Å². The normalized spacial score (nSPS) is 11.9. The number of aryl methyl sites for hydroxylation is 1. The second-order valence-corrected chi connectivity index (χ2v) is 11.6. The topological polar surface area (TPSA) is 98.8 Å². The monoisotopic (exact) mass is 523 g/mol. The predicted octanol–water partition coefficient (Wildman–Crippen LogP) is 4.41. The maximum absolute atomic E-state index is 13.0. The molecular formula is C24H26ClNO6S2. The number of nitrogens with one attached hydrogen (secondary N) is 1. The molecule has 0 saturated carbocycles. The van der Waals surface area contributed by atoms with Crippen LogP contribution in [0.25, 0.3) is 0 Å². The van der Waals surface area contributed by atoms with Crippen LogP contribution in [0.3, 0.4) is 0 Å². The first kappa shape index (κ1) is 26.0. The van der Waals surface area contributed by atoms with Crippen molar-refractivity contribution in [3.05, 3.63) is 76.8 Å². The number of hydrogen-bond donors (Lipinski definition) is 1. The highest BCUT2D eigenvalue weighted by molar-refractivity contribution is 7.91. The lowest BCUT2D eigenvalue weighted by Crippen LogP contribution is -2.27. The summed E-state index contributed by atoms with van der Waals surface area (Å²) in [5, 5.41) is 0.403. The quantitative estimate of drug-likeness (QED) is 0.422. The Morgan fingerprint density at radius 2 is 1.56 bits per heavy atom. The lowest BCUT2D eigenvalue weighted by Gasteiger charge is -2.13. The Labute approximate surface area is 205 Å². The number of sulfone groups is 1.